The largest absolute Gasteiger partial charge is 0.325 e. The van der Waals surface area contributed by atoms with Gasteiger partial charge in [0.2, 0.25) is 5.91 Å². The number of carbonyl (C=O) groups is 1. The van der Waals surface area contributed by atoms with E-state index in [1.165, 1.54) is 23.1 Å². The van der Waals surface area contributed by atoms with E-state index in [0.717, 1.165) is 52.1 Å². The second-order valence-electron chi connectivity index (χ2n) is 7.45. The molecular formula is C23H21N3O2S2. The van der Waals surface area contributed by atoms with Crippen LogP contribution in [0.25, 0.3) is 15.7 Å². The molecule has 0 aliphatic heterocycles. The maximum absolute atomic E-state index is 12.6. The maximum Gasteiger partial charge on any atom is 0.259 e. The van der Waals surface area contributed by atoms with E-state index in [1.54, 1.807) is 21.8 Å². The number of thioether (sulfide) groups is 1. The Morgan fingerprint density at radius 2 is 1.97 bits per heavy atom. The van der Waals surface area contributed by atoms with E-state index in [1.807, 2.05) is 42.5 Å². The molecule has 0 radical (unpaired) electrons. The van der Waals surface area contributed by atoms with Crippen molar-refractivity contribution < 1.29 is 4.79 Å². The van der Waals surface area contributed by atoms with Crippen molar-refractivity contribution in [2.24, 2.45) is 0 Å². The van der Waals surface area contributed by atoms with E-state index < -0.39 is 0 Å². The number of carbonyl (C=O) groups excluding carboxylic acids is 1. The quantitative estimate of drug-likeness (QED) is 0.495. The molecule has 5 rings (SSSR count). The normalized spacial score (nSPS) is 13.5. The minimum absolute atomic E-state index is 0.00444. The molecule has 7 heteroatoms. The van der Waals surface area contributed by atoms with Gasteiger partial charge in [-0.25, -0.2) is 4.98 Å². The summed E-state index contributed by atoms with van der Waals surface area (Å²) in [4.78, 5) is 31.8. The summed E-state index contributed by atoms with van der Waals surface area (Å²) in [6, 6.07) is 15.5. The number of rotatable bonds is 5. The third-order valence-electron chi connectivity index (χ3n) is 5.36. The highest BCUT2D eigenvalue weighted by molar-refractivity contribution is 7.99. The number of hydrogen-bond donors (Lipinski definition) is 1. The van der Waals surface area contributed by atoms with Crippen LogP contribution in [0.4, 0.5) is 5.69 Å². The Morgan fingerprint density at radius 3 is 2.90 bits per heavy atom. The molecule has 152 valence electrons. The van der Waals surface area contributed by atoms with Crippen LogP contribution in [0.5, 0.6) is 0 Å². The van der Waals surface area contributed by atoms with Crippen molar-refractivity contribution in [1.29, 1.82) is 0 Å². The Morgan fingerprint density at radius 1 is 1.13 bits per heavy atom. The number of amides is 1. The topological polar surface area (TPSA) is 63.5 Å². The van der Waals surface area contributed by atoms with Crippen LogP contribution in [0.2, 0.25) is 0 Å². The third-order valence-corrected chi connectivity index (χ3v) is 7.47. The number of anilines is 1. The lowest BCUT2D eigenvalue weighted by atomic mass is 10.0. The highest BCUT2D eigenvalue weighted by atomic mass is 32.2. The van der Waals surface area contributed by atoms with Gasteiger partial charge in [-0.1, -0.05) is 36.4 Å². The zero-order valence-corrected chi connectivity index (χ0v) is 18.0. The molecule has 0 unspecified atom stereocenters. The minimum Gasteiger partial charge on any atom is -0.325 e. The first-order valence-corrected chi connectivity index (χ1v) is 12.0. The van der Waals surface area contributed by atoms with Gasteiger partial charge >= 0.3 is 0 Å². The fourth-order valence-corrected chi connectivity index (χ4v) is 5.93. The van der Waals surface area contributed by atoms with Gasteiger partial charge in [0.15, 0.2) is 4.96 Å². The van der Waals surface area contributed by atoms with Crippen LogP contribution in [0.15, 0.2) is 53.3 Å². The second kappa shape index (κ2) is 8.24. The molecule has 2 heterocycles. The van der Waals surface area contributed by atoms with Crippen LogP contribution in [0.1, 0.15) is 29.1 Å². The summed E-state index contributed by atoms with van der Waals surface area (Å²) in [5.41, 5.74) is 2.70. The summed E-state index contributed by atoms with van der Waals surface area (Å²) < 4.78 is 1.78. The van der Waals surface area contributed by atoms with Crippen molar-refractivity contribution in [3.8, 4) is 0 Å². The summed E-state index contributed by atoms with van der Waals surface area (Å²) in [6.07, 6.45) is 4.32. The number of aromatic nitrogens is 2. The Kier molecular flexibility index (Phi) is 5.31. The summed E-state index contributed by atoms with van der Waals surface area (Å²) in [6.45, 7) is 0. The molecular weight excluding hydrogens is 414 g/mol. The number of thiazole rings is 1. The second-order valence-corrected chi connectivity index (χ2v) is 9.50. The number of benzene rings is 2. The molecule has 2 aromatic carbocycles. The van der Waals surface area contributed by atoms with Gasteiger partial charge in [0.05, 0.1) is 11.4 Å². The average Bonchev–Trinajstić information content (AvgIpc) is 3.13. The molecule has 30 heavy (non-hydrogen) atoms. The molecule has 1 amide bonds. The van der Waals surface area contributed by atoms with Gasteiger partial charge < -0.3 is 5.32 Å². The number of hydrogen-bond acceptors (Lipinski definition) is 5. The van der Waals surface area contributed by atoms with Crippen LogP contribution in [-0.4, -0.2) is 21.0 Å². The van der Waals surface area contributed by atoms with Gasteiger partial charge in [0, 0.05) is 33.5 Å². The summed E-state index contributed by atoms with van der Waals surface area (Å²) >= 11 is 3.11. The zero-order chi connectivity index (χ0) is 20.5. The van der Waals surface area contributed by atoms with Crippen molar-refractivity contribution in [2.75, 3.05) is 11.1 Å². The van der Waals surface area contributed by atoms with Crippen molar-refractivity contribution in [3.63, 3.8) is 0 Å². The van der Waals surface area contributed by atoms with E-state index in [-0.39, 0.29) is 11.5 Å². The van der Waals surface area contributed by atoms with Crippen molar-refractivity contribution in [3.05, 3.63) is 75.1 Å². The lowest BCUT2D eigenvalue weighted by Crippen LogP contribution is -2.18. The van der Waals surface area contributed by atoms with E-state index >= 15 is 0 Å². The predicted molar refractivity (Wildman–Crippen MR) is 125 cm³/mol. The molecule has 4 aromatic rings. The third kappa shape index (κ3) is 3.75. The highest BCUT2D eigenvalue weighted by Gasteiger charge is 2.18. The standard InChI is InChI=1S/C23H21N3O2S2/c27-21(25-18-9-5-7-15-6-1-2-8-17(15)18)14-29-13-16-12-22(28)26-19-10-3-4-11-20(19)30-23(26)24-16/h1-2,5-9,12H,3-4,10-11,13-14H2,(H,25,27). The van der Waals surface area contributed by atoms with Crippen molar-refractivity contribution in [2.45, 2.75) is 31.4 Å². The lowest BCUT2D eigenvalue weighted by molar-refractivity contribution is -0.113. The molecule has 5 nitrogen and oxygen atoms in total. The van der Waals surface area contributed by atoms with Gasteiger partial charge in [0.1, 0.15) is 0 Å². The summed E-state index contributed by atoms with van der Waals surface area (Å²) in [5, 5.41) is 5.13. The Labute approximate surface area is 182 Å². The molecule has 0 saturated heterocycles. The van der Waals surface area contributed by atoms with Crippen LogP contribution in [-0.2, 0) is 23.4 Å². The summed E-state index contributed by atoms with van der Waals surface area (Å²) in [7, 11) is 0. The number of aryl methyl sites for hydroxylation is 2. The molecule has 0 atom stereocenters. The van der Waals surface area contributed by atoms with Gasteiger partial charge in [-0.15, -0.1) is 23.1 Å². The average molecular weight is 436 g/mol. The molecule has 0 saturated carbocycles. The Hall–Kier alpha value is -2.64. The SMILES string of the molecule is O=C(CSCc1cc(=O)n2c3c(sc2n1)CCCC3)Nc1cccc2ccccc12. The molecule has 1 aliphatic rings. The lowest BCUT2D eigenvalue weighted by Gasteiger charge is -2.10. The molecule has 0 fully saturated rings. The molecule has 2 aromatic heterocycles. The van der Waals surface area contributed by atoms with Gasteiger partial charge in [-0.3, -0.25) is 14.0 Å². The monoisotopic (exact) mass is 435 g/mol. The van der Waals surface area contributed by atoms with E-state index in [9.17, 15) is 9.59 Å². The van der Waals surface area contributed by atoms with Gasteiger partial charge in [-0.05, 0) is 37.1 Å². The molecule has 0 bridgehead atoms. The highest BCUT2D eigenvalue weighted by Crippen LogP contribution is 2.28. The fraction of sp³-hybridized carbons (Fsp3) is 0.261. The van der Waals surface area contributed by atoms with E-state index in [0.29, 0.717) is 11.5 Å². The van der Waals surface area contributed by atoms with Crippen LogP contribution in [0.3, 0.4) is 0 Å². The van der Waals surface area contributed by atoms with E-state index in [2.05, 4.69) is 5.32 Å². The summed E-state index contributed by atoms with van der Waals surface area (Å²) in [5.74, 6) is 0.795. The number of nitrogens with one attached hydrogen (secondary N) is 1. The number of fused-ring (bicyclic) bond motifs is 4. The van der Waals surface area contributed by atoms with Crippen LogP contribution >= 0.6 is 23.1 Å². The van der Waals surface area contributed by atoms with Gasteiger partial charge in [0.25, 0.3) is 5.56 Å². The van der Waals surface area contributed by atoms with Crippen molar-refractivity contribution >= 4 is 50.4 Å². The van der Waals surface area contributed by atoms with Crippen LogP contribution < -0.4 is 10.9 Å². The molecule has 1 aliphatic carbocycles. The predicted octanol–water partition coefficient (Wildman–Crippen LogP) is 4.66. The van der Waals surface area contributed by atoms with Gasteiger partial charge in [-0.2, -0.15) is 0 Å². The zero-order valence-electron chi connectivity index (χ0n) is 16.4. The minimum atomic E-state index is -0.0549. The first kappa shape index (κ1) is 19.3. The maximum atomic E-state index is 12.6. The van der Waals surface area contributed by atoms with E-state index in [4.69, 9.17) is 4.98 Å². The Balaban J connectivity index is 1.26. The molecule has 1 N–H and O–H groups in total. The van der Waals surface area contributed by atoms with Crippen molar-refractivity contribution in [1.82, 2.24) is 9.38 Å². The first-order chi connectivity index (χ1) is 14.7. The van der Waals surface area contributed by atoms with Crippen LogP contribution in [0, 0.1) is 0 Å². The Bertz CT molecular complexity index is 1300. The first-order valence-electron chi connectivity index (χ1n) is 10.1. The smallest absolute Gasteiger partial charge is 0.259 e. The number of nitrogens with zero attached hydrogens (tertiary/aromatic N) is 2. The fourth-order valence-electron chi connectivity index (χ4n) is 3.98. The molecule has 0 spiro atoms.